The fourth-order valence-electron chi connectivity index (χ4n) is 5.13. The van der Waals surface area contributed by atoms with Crippen molar-refractivity contribution in [2.24, 2.45) is 17.8 Å². The van der Waals surface area contributed by atoms with Crippen LogP contribution in [0.25, 0.3) is 0 Å². The van der Waals surface area contributed by atoms with Gasteiger partial charge in [0, 0.05) is 51.7 Å². The smallest absolute Gasteiger partial charge is 0.0656 e. The highest BCUT2D eigenvalue weighted by Gasteiger charge is 2.24. The van der Waals surface area contributed by atoms with Crippen molar-refractivity contribution in [1.82, 2.24) is 19.6 Å². The molecule has 0 bridgehead atoms. The lowest BCUT2D eigenvalue weighted by Crippen LogP contribution is -2.43. The maximum absolute atomic E-state index is 8.99. The Bertz CT molecular complexity index is 444. The molecule has 0 amide bonds. The maximum Gasteiger partial charge on any atom is 0.0656 e. The van der Waals surface area contributed by atoms with Crippen molar-refractivity contribution in [3.63, 3.8) is 0 Å². The number of piperidine rings is 2. The lowest BCUT2D eigenvalue weighted by atomic mass is 9.92. The van der Waals surface area contributed by atoms with Crippen LogP contribution in [0.15, 0.2) is 0 Å². The van der Waals surface area contributed by atoms with E-state index in [1.54, 1.807) is 0 Å². The second-order valence-corrected chi connectivity index (χ2v) is 9.18. The van der Waals surface area contributed by atoms with Crippen LogP contribution >= 0.6 is 0 Å². The Kier molecular flexibility index (Phi) is 7.75. The highest BCUT2D eigenvalue weighted by atomic mass is 15.4. The molecular weight excluding hydrogens is 322 g/mol. The van der Waals surface area contributed by atoms with Gasteiger partial charge in [0.25, 0.3) is 0 Å². The zero-order valence-electron chi connectivity index (χ0n) is 17.1. The van der Waals surface area contributed by atoms with Crippen LogP contribution in [0.2, 0.25) is 0 Å². The molecule has 0 saturated carbocycles. The Hall–Kier alpha value is -0.670. The third-order valence-corrected chi connectivity index (χ3v) is 6.53. The molecule has 3 aliphatic heterocycles. The van der Waals surface area contributed by atoms with Crippen molar-refractivity contribution in [2.45, 2.75) is 39.5 Å². The van der Waals surface area contributed by atoms with Crippen molar-refractivity contribution >= 4 is 0 Å². The van der Waals surface area contributed by atoms with E-state index in [1.807, 2.05) is 0 Å². The summed E-state index contributed by atoms with van der Waals surface area (Å²) in [5, 5.41) is 8.99. The van der Waals surface area contributed by atoms with Gasteiger partial charge >= 0.3 is 0 Å². The largest absolute Gasteiger partial charge is 0.303 e. The Morgan fingerprint density at radius 3 is 2.00 bits per heavy atom. The van der Waals surface area contributed by atoms with Crippen LogP contribution < -0.4 is 0 Å². The van der Waals surface area contributed by atoms with Crippen LogP contribution in [0.4, 0.5) is 0 Å². The molecule has 26 heavy (non-hydrogen) atoms. The van der Waals surface area contributed by atoms with E-state index in [0.29, 0.717) is 5.92 Å². The first kappa shape index (κ1) is 20.1. The second kappa shape index (κ2) is 10.0. The van der Waals surface area contributed by atoms with Gasteiger partial charge in [-0.05, 0) is 57.2 Å². The summed E-state index contributed by atoms with van der Waals surface area (Å²) in [4.78, 5) is 10.5. The summed E-state index contributed by atoms with van der Waals surface area (Å²) in [6, 6.07) is 2.43. The highest BCUT2D eigenvalue weighted by molar-refractivity contribution is 4.87. The van der Waals surface area contributed by atoms with Crippen molar-refractivity contribution in [2.75, 3.05) is 72.1 Å². The Labute approximate surface area is 160 Å². The number of nitriles is 1. The molecule has 3 rings (SSSR count). The Morgan fingerprint density at radius 1 is 0.769 bits per heavy atom. The molecule has 2 unspecified atom stereocenters. The van der Waals surface area contributed by atoms with Crippen LogP contribution in [0.5, 0.6) is 0 Å². The molecule has 5 nitrogen and oxygen atoms in total. The molecule has 5 heteroatoms. The first-order valence-electron chi connectivity index (χ1n) is 10.9. The normalized spacial score (nSPS) is 30.7. The van der Waals surface area contributed by atoms with Crippen molar-refractivity contribution in [1.29, 1.82) is 5.26 Å². The van der Waals surface area contributed by atoms with Gasteiger partial charge in [-0.2, -0.15) is 5.26 Å². The average Bonchev–Trinajstić information content (AvgIpc) is 3.08. The molecule has 0 aromatic carbocycles. The SMILES string of the molecule is CC1CC(C)CN(CCN2CCN(CCCN3CCC(C#N)CC3)C2)C1. The number of hydrogen-bond acceptors (Lipinski definition) is 5. The van der Waals surface area contributed by atoms with Gasteiger partial charge in [-0.1, -0.05) is 13.8 Å². The molecule has 0 N–H and O–H groups in total. The summed E-state index contributed by atoms with van der Waals surface area (Å²) in [6.45, 7) is 18.2. The van der Waals surface area contributed by atoms with Crippen LogP contribution in [0.1, 0.15) is 39.5 Å². The van der Waals surface area contributed by atoms with Crippen LogP contribution in [-0.4, -0.2) is 91.7 Å². The van der Waals surface area contributed by atoms with Gasteiger partial charge in [0.1, 0.15) is 0 Å². The van der Waals surface area contributed by atoms with Crippen LogP contribution in [0.3, 0.4) is 0 Å². The number of hydrogen-bond donors (Lipinski definition) is 0. The lowest BCUT2D eigenvalue weighted by Gasteiger charge is -2.35. The van der Waals surface area contributed by atoms with Gasteiger partial charge in [-0.3, -0.25) is 9.80 Å². The highest BCUT2D eigenvalue weighted by Crippen LogP contribution is 2.21. The van der Waals surface area contributed by atoms with E-state index in [0.717, 1.165) is 44.4 Å². The molecule has 0 aliphatic carbocycles. The molecule has 3 aliphatic rings. The van der Waals surface area contributed by atoms with E-state index in [4.69, 9.17) is 5.26 Å². The Morgan fingerprint density at radius 2 is 1.35 bits per heavy atom. The summed E-state index contributed by atoms with van der Waals surface area (Å²) < 4.78 is 0. The summed E-state index contributed by atoms with van der Waals surface area (Å²) >= 11 is 0. The number of nitrogens with zero attached hydrogens (tertiary/aromatic N) is 5. The lowest BCUT2D eigenvalue weighted by molar-refractivity contribution is 0.122. The summed E-state index contributed by atoms with van der Waals surface area (Å²) in [5.74, 6) is 2.04. The fourth-order valence-corrected chi connectivity index (χ4v) is 5.13. The monoisotopic (exact) mass is 361 g/mol. The van der Waals surface area contributed by atoms with Crippen molar-refractivity contribution in [3.8, 4) is 6.07 Å². The minimum atomic E-state index is 0.310. The molecule has 0 aromatic rings. The Balaban J connectivity index is 1.25. The molecule has 0 aromatic heterocycles. The van der Waals surface area contributed by atoms with Crippen LogP contribution in [-0.2, 0) is 0 Å². The van der Waals surface area contributed by atoms with Crippen LogP contribution in [0, 0.1) is 29.1 Å². The van der Waals surface area contributed by atoms with Gasteiger partial charge < -0.3 is 9.80 Å². The third kappa shape index (κ3) is 6.20. The van der Waals surface area contributed by atoms with E-state index in [9.17, 15) is 0 Å². The van der Waals surface area contributed by atoms with E-state index < -0.39 is 0 Å². The fraction of sp³-hybridized carbons (Fsp3) is 0.952. The zero-order valence-corrected chi connectivity index (χ0v) is 17.1. The number of likely N-dealkylation sites (tertiary alicyclic amines) is 2. The topological polar surface area (TPSA) is 36.8 Å². The quantitative estimate of drug-likeness (QED) is 0.695. The maximum atomic E-state index is 8.99. The standard InChI is InChI=1S/C21H39N5/c1-19-14-20(2)17-26(16-19)13-12-25-11-10-24(18-25)7-3-6-23-8-4-21(15-22)5-9-23/h19-21H,3-14,16-18H2,1-2H3. The van der Waals surface area contributed by atoms with Gasteiger partial charge in [-0.15, -0.1) is 0 Å². The molecule has 148 valence electrons. The van der Waals surface area contributed by atoms with E-state index in [-0.39, 0.29) is 0 Å². The molecule has 2 atom stereocenters. The molecule has 3 fully saturated rings. The van der Waals surface area contributed by atoms with Crippen molar-refractivity contribution in [3.05, 3.63) is 0 Å². The van der Waals surface area contributed by atoms with Gasteiger partial charge in [-0.25, -0.2) is 0 Å². The second-order valence-electron chi connectivity index (χ2n) is 9.18. The van der Waals surface area contributed by atoms with E-state index in [1.165, 1.54) is 65.2 Å². The van der Waals surface area contributed by atoms with Crippen molar-refractivity contribution < 1.29 is 0 Å². The van der Waals surface area contributed by atoms with E-state index in [2.05, 4.69) is 39.5 Å². The average molecular weight is 362 g/mol. The molecule has 0 spiro atoms. The summed E-state index contributed by atoms with van der Waals surface area (Å²) in [5.41, 5.74) is 0. The predicted molar refractivity (Wildman–Crippen MR) is 107 cm³/mol. The molecule has 3 heterocycles. The number of rotatable bonds is 7. The minimum absolute atomic E-state index is 0.310. The zero-order chi connectivity index (χ0) is 18.4. The third-order valence-electron chi connectivity index (χ3n) is 6.53. The summed E-state index contributed by atoms with van der Waals surface area (Å²) in [7, 11) is 0. The first-order valence-corrected chi connectivity index (χ1v) is 10.9. The van der Waals surface area contributed by atoms with Gasteiger partial charge in [0.05, 0.1) is 12.7 Å². The first-order chi connectivity index (χ1) is 12.6. The predicted octanol–water partition coefficient (Wildman–Crippen LogP) is 2.17. The van der Waals surface area contributed by atoms with E-state index >= 15 is 0 Å². The molecule has 0 radical (unpaired) electrons. The van der Waals surface area contributed by atoms with Gasteiger partial charge in [0.15, 0.2) is 0 Å². The summed E-state index contributed by atoms with van der Waals surface area (Å²) in [6.07, 6.45) is 4.82. The molecule has 3 saturated heterocycles. The minimum Gasteiger partial charge on any atom is -0.303 e. The van der Waals surface area contributed by atoms with Gasteiger partial charge in [0.2, 0.25) is 0 Å². The molecular formula is C21H39N5.